The number of imidazole rings is 1. The summed E-state index contributed by atoms with van der Waals surface area (Å²) in [5.41, 5.74) is 5.29. The molecular formula is C26H24F2N6. The maximum absolute atomic E-state index is 15.1. The molecule has 2 bridgehead atoms. The highest BCUT2D eigenvalue weighted by Crippen LogP contribution is 2.38. The van der Waals surface area contributed by atoms with E-state index in [0.29, 0.717) is 39.9 Å². The van der Waals surface area contributed by atoms with Gasteiger partial charge in [-0.15, -0.1) is 0 Å². The Balaban J connectivity index is 1.49. The minimum absolute atomic E-state index is 0.208. The maximum atomic E-state index is 15.1. The number of hydrogen-bond acceptors (Lipinski definition) is 5. The zero-order valence-corrected chi connectivity index (χ0v) is 19.1. The largest absolute Gasteiger partial charge is 0.377 e. The van der Waals surface area contributed by atoms with Crippen LogP contribution in [0, 0.1) is 31.4 Å². The molecule has 1 saturated heterocycles. The second kappa shape index (κ2) is 7.97. The summed E-state index contributed by atoms with van der Waals surface area (Å²) < 4.78 is 30.9. The van der Waals surface area contributed by atoms with E-state index >= 15 is 4.39 Å². The molecular weight excluding hydrogens is 434 g/mol. The molecule has 0 saturated carbocycles. The molecule has 3 aliphatic rings. The molecule has 172 valence electrons. The van der Waals surface area contributed by atoms with Crippen molar-refractivity contribution in [1.82, 2.24) is 29.4 Å². The van der Waals surface area contributed by atoms with Gasteiger partial charge in [-0.25, -0.2) is 23.7 Å². The number of hydrogen-bond donors (Lipinski definition) is 0. The Labute approximate surface area is 196 Å². The van der Waals surface area contributed by atoms with Crippen LogP contribution in [-0.4, -0.2) is 42.5 Å². The SMILES string of the molecule is Cc1nc(C)c2nc(-c3cncc(F)c3)n(Cc3cc(C4=CN5CCC4CC5)ccc3F)c2n1. The van der Waals surface area contributed by atoms with Crippen LogP contribution in [0.2, 0.25) is 0 Å². The van der Waals surface area contributed by atoms with Crippen molar-refractivity contribution in [2.75, 3.05) is 13.1 Å². The molecule has 6 heterocycles. The molecule has 0 spiro atoms. The lowest BCUT2D eigenvalue weighted by Gasteiger charge is -2.39. The fourth-order valence-corrected chi connectivity index (χ4v) is 5.18. The molecule has 0 radical (unpaired) electrons. The van der Waals surface area contributed by atoms with Crippen LogP contribution in [0.1, 0.15) is 35.5 Å². The van der Waals surface area contributed by atoms with Crippen molar-refractivity contribution in [3.63, 3.8) is 0 Å². The van der Waals surface area contributed by atoms with Gasteiger partial charge in [-0.3, -0.25) is 4.98 Å². The van der Waals surface area contributed by atoms with E-state index in [1.807, 2.05) is 30.5 Å². The second-order valence-electron chi connectivity index (χ2n) is 9.14. The minimum atomic E-state index is -0.461. The van der Waals surface area contributed by atoms with Crippen LogP contribution in [0.4, 0.5) is 8.78 Å². The molecule has 4 aromatic rings. The van der Waals surface area contributed by atoms with E-state index in [1.54, 1.807) is 6.20 Å². The molecule has 8 heteroatoms. The molecule has 0 aliphatic carbocycles. The van der Waals surface area contributed by atoms with E-state index in [-0.39, 0.29) is 12.4 Å². The molecule has 34 heavy (non-hydrogen) atoms. The van der Waals surface area contributed by atoms with Crippen molar-refractivity contribution in [2.24, 2.45) is 5.92 Å². The van der Waals surface area contributed by atoms with E-state index in [1.165, 1.54) is 17.7 Å². The second-order valence-corrected chi connectivity index (χ2v) is 9.14. The van der Waals surface area contributed by atoms with Crippen LogP contribution in [0.5, 0.6) is 0 Å². The van der Waals surface area contributed by atoms with Gasteiger partial charge in [0.2, 0.25) is 0 Å². The van der Waals surface area contributed by atoms with E-state index in [2.05, 4.69) is 26.1 Å². The smallest absolute Gasteiger partial charge is 0.164 e. The predicted octanol–water partition coefficient (Wildman–Crippen LogP) is 4.90. The summed E-state index contributed by atoms with van der Waals surface area (Å²) in [5.74, 6) is 0.846. The molecule has 3 aliphatic heterocycles. The highest BCUT2D eigenvalue weighted by molar-refractivity contribution is 5.79. The molecule has 0 unspecified atom stereocenters. The number of benzene rings is 1. The van der Waals surface area contributed by atoms with Gasteiger partial charge >= 0.3 is 0 Å². The topological polar surface area (TPSA) is 59.7 Å². The molecule has 1 aromatic carbocycles. The fourth-order valence-electron chi connectivity index (χ4n) is 5.18. The first-order chi connectivity index (χ1) is 16.5. The van der Waals surface area contributed by atoms with Crippen molar-refractivity contribution in [3.05, 3.63) is 77.1 Å². The zero-order valence-electron chi connectivity index (χ0n) is 19.1. The van der Waals surface area contributed by atoms with E-state index < -0.39 is 5.82 Å². The van der Waals surface area contributed by atoms with E-state index in [4.69, 9.17) is 4.98 Å². The Morgan fingerprint density at radius 1 is 0.971 bits per heavy atom. The van der Waals surface area contributed by atoms with Gasteiger partial charge in [-0.1, -0.05) is 6.07 Å². The average Bonchev–Trinajstić information content (AvgIpc) is 3.20. The standard InChI is InChI=1S/C26H24F2N6/c1-15-24-26(31-16(2)30-15)34(25(32-24)19-10-21(27)12-29-11-19)13-20-9-18(3-4-23(20)28)22-14-33-7-5-17(22)6-8-33/h3-4,9-12,14,17H,5-8,13H2,1-2H3. The third kappa shape index (κ3) is 3.54. The summed E-state index contributed by atoms with van der Waals surface area (Å²) in [6.45, 7) is 6.07. The average molecular weight is 459 g/mol. The summed E-state index contributed by atoms with van der Waals surface area (Å²) >= 11 is 0. The van der Waals surface area contributed by atoms with Gasteiger partial charge in [0.25, 0.3) is 0 Å². The minimum Gasteiger partial charge on any atom is -0.377 e. The highest BCUT2D eigenvalue weighted by Gasteiger charge is 2.28. The lowest BCUT2D eigenvalue weighted by molar-refractivity contribution is 0.252. The Morgan fingerprint density at radius 3 is 2.53 bits per heavy atom. The Morgan fingerprint density at radius 2 is 1.79 bits per heavy atom. The third-order valence-corrected chi connectivity index (χ3v) is 6.84. The van der Waals surface area contributed by atoms with Crippen LogP contribution in [-0.2, 0) is 6.54 Å². The zero-order chi connectivity index (χ0) is 23.4. The van der Waals surface area contributed by atoms with E-state index in [9.17, 15) is 4.39 Å². The summed E-state index contributed by atoms with van der Waals surface area (Å²) in [7, 11) is 0. The molecule has 0 atom stereocenters. The van der Waals surface area contributed by atoms with E-state index in [0.717, 1.165) is 43.4 Å². The fraction of sp³-hybridized carbons (Fsp3) is 0.308. The van der Waals surface area contributed by atoms with Crippen LogP contribution in [0.3, 0.4) is 0 Å². The third-order valence-electron chi connectivity index (χ3n) is 6.84. The first kappa shape index (κ1) is 20.9. The van der Waals surface area contributed by atoms with Gasteiger partial charge in [-0.2, -0.15) is 0 Å². The Kier molecular flexibility index (Phi) is 4.90. The van der Waals surface area contributed by atoms with Gasteiger partial charge in [0.1, 0.15) is 28.8 Å². The summed E-state index contributed by atoms with van der Waals surface area (Å²) in [4.78, 5) is 20.1. The molecule has 0 amide bonds. The monoisotopic (exact) mass is 458 g/mol. The van der Waals surface area contributed by atoms with Gasteiger partial charge in [0.05, 0.1) is 18.4 Å². The van der Waals surface area contributed by atoms with Crippen molar-refractivity contribution >= 4 is 16.7 Å². The van der Waals surface area contributed by atoms with Crippen molar-refractivity contribution in [1.29, 1.82) is 0 Å². The first-order valence-electron chi connectivity index (χ1n) is 11.5. The number of aryl methyl sites for hydroxylation is 2. The summed E-state index contributed by atoms with van der Waals surface area (Å²) in [6.07, 6.45) is 7.20. The first-order valence-corrected chi connectivity index (χ1v) is 11.5. The number of aromatic nitrogens is 5. The van der Waals surface area contributed by atoms with Crippen LogP contribution < -0.4 is 0 Å². The Hall–Kier alpha value is -3.68. The lowest BCUT2D eigenvalue weighted by atomic mass is 9.82. The van der Waals surface area contributed by atoms with Gasteiger partial charge in [0.15, 0.2) is 5.65 Å². The summed E-state index contributed by atoms with van der Waals surface area (Å²) in [5, 5.41) is 0. The van der Waals surface area contributed by atoms with Gasteiger partial charge in [-0.05, 0) is 61.9 Å². The molecule has 1 fully saturated rings. The normalized spacial score (nSPS) is 15.9. The Bertz CT molecular complexity index is 1450. The van der Waals surface area contributed by atoms with Crippen molar-refractivity contribution in [3.8, 4) is 11.4 Å². The van der Waals surface area contributed by atoms with Crippen molar-refractivity contribution < 1.29 is 8.78 Å². The van der Waals surface area contributed by atoms with Crippen LogP contribution in [0.25, 0.3) is 28.1 Å². The molecule has 7 rings (SSSR count). The number of nitrogens with zero attached hydrogens (tertiary/aromatic N) is 6. The quantitative estimate of drug-likeness (QED) is 0.435. The van der Waals surface area contributed by atoms with Gasteiger partial charge < -0.3 is 9.47 Å². The number of piperidine rings is 1. The molecule has 3 aromatic heterocycles. The number of halogens is 2. The molecule has 6 nitrogen and oxygen atoms in total. The highest BCUT2D eigenvalue weighted by atomic mass is 19.1. The van der Waals surface area contributed by atoms with Crippen molar-refractivity contribution in [2.45, 2.75) is 33.2 Å². The number of rotatable bonds is 4. The maximum Gasteiger partial charge on any atom is 0.164 e. The lowest BCUT2D eigenvalue weighted by Crippen LogP contribution is -2.35. The number of pyridine rings is 1. The number of fused-ring (bicyclic) bond motifs is 3. The van der Waals surface area contributed by atoms with Crippen LogP contribution >= 0.6 is 0 Å². The predicted molar refractivity (Wildman–Crippen MR) is 126 cm³/mol. The van der Waals surface area contributed by atoms with Crippen LogP contribution in [0.15, 0.2) is 42.9 Å². The molecule has 0 N–H and O–H groups in total. The van der Waals surface area contributed by atoms with Gasteiger partial charge in [0, 0.05) is 36.6 Å². The summed E-state index contributed by atoms with van der Waals surface area (Å²) in [6, 6.07) is 6.72. The number of allylic oxidation sites excluding steroid dienone is 1.